The predicted octanol–water partition coefficient (Wildman–Crippen LogP) is 7.59. The van der Waals surface area contributed by atoms with Crippen LogP contribution in [0, 0.1) is 5.82 Å². The number of aromatic hydroxyl groups is 1. The van der Waals surface area contributed by atoms with E-state index in [9.17, 15) is 18.3 Å². The molecule has 0 spiro atoms. The molecule has 0 bridgehead atoms. The maximum absolute atomic E-state index is 15.3. The second-order valence-electron chi connectivity index (χ2n) is 10.1. The maximum atomic E-state index is 15.3. The van der Waals surface area contributed by atoms with Gasteiger partial charge in [0, 0.05) is 24.7 Å². The first-order chi connectivity index (χ1) is 18.7. The summed E-state index contributed by atoms with van der Waals surface area (Å²) >= 11 is 0. The molecular weight excluding hydrogens is 510 g/mol. The molecule has 0 saturated carbocycles. The van der Waals surface area contributed by atoms with E-state index in [2.05, 4.69) is 16.6 Å². The van der Waals surface area contributed by atoms with Crippen molar-refractivity contribution in [1.29, 1.82) is 0 Å². The normalized spacial score (nSPS) is 18.1. The fourth-order valence-corrected chi connectivity index (χ4v) is 5.62. The lowest BCUT2D eigenvalue weighted by molar-refractivity contribution is -0.274. The molecule has 1 fully saturated rings. The van der Waals surface area contributed by atoms with Crippen LogP contribution in [0.2, 0.25) is 0 Å². The number of benzene rings is 3. The van der Waals surface area contributed by atoms with E-state index in [-0.39, 0.29) is 17.4 Å². The quantitative estimate of drug-likeness (QED) is 0.313. The highest BCUT2D eigenvalue weighted by Crippen LogP contribution is 2.42. The molecule has 1 saturated heterocycles. The zero-order chi connectivity index (χ0) is 27.6. The number of likely N-dealkylation sites (tertiary alicyclic amines) is 1. The van der Waals surface area contributed by atoms with Crippen LogP contribution < -0.4 is 9.47 Å². The third kappa shape index (κ3) is 6.38. The molecule has 1 aliphatic carbocycles. The molecule has 8 heteroatoms. The molecular formula is C31H31F4NO3. The summed E-state index contributed by atoms with van der Waals surface area (Å²) in [6.07, 6.45) is -0.826. The molecule has 4 nitrogen and oxygen atoms in total. The highest BCUT2D eigenvalue weighted by molar-refractivity contribution is 6.00. The minimum atomic E-state index is -4.90. The van der Waals surface area contributed by atoms with Gasteiger partial charge in [-0.1, -0.05) is 25.1 Å². The van der Waals surface area contributed by atoms with Gasteiger partial charge in [0.15, 0.2) is 0 Å². The van der Waals surface area contributed by atoms with E-state index < -0.39 is 17.9 Å². The molecule has 0 unspecified atom stereocenters. The number of phenols is 1. The summed E-state index contributed by atoms with van der Waals surface area (Å²) in [5.74, 6) is -0.488. The first-order valence-electron chi connectivity index (χ1n) is 13.3. The molecule has 39 heavy (non-hydrogen) atoms. The number of aryl methyl sites for hydroxylation is 1. The van der Waals surface area contributed by atoms with Gasteiger partial charge >= 0.3 is 6.36 Å². The van der Waals surface area contributed by atoms with Crippen molar-refractivity contribution < 1.29 is 32.1 Å². The van der Waals surface area contributed by atoms with Gasteiger partial charge in [0.2, 0.25) is 0 Å². The smallest absolute Gasteiger partial charge is 0.508 e. The fourth-order valence-electron chi connectivity index (χ4n) is 5.62. The molecule has 1 heterocycles. The monoisotopic (exact) mass is 541 g/mol. The Labute approximate surface area is 225 Å². The van der Waals surface area contributed by atoms with Gasteiger partial charge in [-0.25, -0.2) is 4.39 Å². The van der Waals surface area contributed by atoms with Gasteiger partial charge in [0.05, 0.1) is 0 Å². The summed E-state index contributed by atoms with van der Waals surface area (Å²) in [6, 6.07) is 16.1. The summed E-state index contributed by atoms with van der Waals surface area (Å²) in [4.78, 5) is 2.40. The van der Waals surface area contributed by atoms with Crippen molar-refractivity contribution in [3.8, 4) is 17.2 Å². The summed E-state index contributed by atoms with van der Waals surface area (Å²) in [6.45, 7) is 5.15. The van der Waals surface area contributed by atoms with Gasteiger partial charge in [0.1, 0.15) is 29.2 Å². The average molecular weight is 542 g/mol. The standard InChI is InChI=1S/C31H31F4NO3/c1-2-15-36-16-14-25(19-36)38-23-9-6-20(7-10-23)30-26-12-8-22(37)17-21(26)4-3-5-28(30)27-13-11-24(18-29(27)32)39-31(33,34)35/h6-13,17-18,25,37H,2-5,14-16,19H2,1H3/t25-/m0/s1. The molecule has 206 valence electrons. The van der Waals surface area contributed by atoms with Crippen LogP contribution in [0.4, 0.5) is 17.6 Å². The van der Waals surface area contributed by atoms with Crippen molar-refractivity contribution in [2.45, 2.75) is 51.5 Å². The Morgan fingerprint density at radius 1 is 0.949 bits per heavy atom. The molecule has 1 atom stereocenters. The highest BCUT2D eigenvalue weighted by atomic mass is 19.4. The van der Waals surface area contributed by atoms with Crippen LogP contribution in [0.1, 0.15) is 54.9 Å². The molecule has 1 N–H and O–H groups in total. The Kier molecular flexibility index (Phi) is 7.84. The van der Waals surface area contributed by atoms with Gasteiger partial charge < -0.3 is 14.6 Å². The Morgan fingerprint density at radius 3 is 2.41 bits per heavy atom. The van der Waals surface area contributed by atoms with Gasteiger partial charge in [-0.15, -0.1) is 13.2 Å². The molecule has 0 radical (unpaired) electrons. The van der Waals surface area contributed by atoms with Crippen LogP contribution in [0.15, 0.2) is 60.7 Å². The number of allylic oxidation sites excluding steroid dienone is 1. The molecule has 0 amide bonds. The highest BCUT2D eigenvalue weighted by Gasteiger charge is 2.32. The average Bonchev–Trinajstić information content (AvgIpc) is 3.22. The minimum absolute atomic E-state index is 0.130. The third-order valence-electron chi connectivity index (χ3n) is 7.25. The SMILES string of the molecule is CCCN1CC[C@H](Oc2ccc(C3=C(c4ccc(OC(F)(F)F)cc4F)CCCc4cc(O)ccc43)cc2)C1. The van der Waals surface area contributed by atoms with Gasteiger partial charge in [-0.3, -0.25) is 4.90 Å². The zero-order valence-corrected chi connectivity index (χ0v) is 21.7. The molecule has 0 aromatic heterocycles. The second kappa shape index (κ2) is 11.3. The Balaban J connectivity index is 1.52. The van der Waals surface area contributed by atoms with Crippen LogP contribution >= 0.6 is 0 Å². The Bertz CT molecular complexity index is 1350. The number of hydrogen-bond donors (Lipinski definition) is 1. The predicted molar refractivity (Wildman–Crippen MR) is 142 cm³/mol. The molecule has 3 aromatic rings. The van der Waals surface area contributed by atoms with Crippen molar-refractivity contribution in [3.05, 3.63) is 88.7 Å². The number of fused-ring (bicyclic) bond motifs is 1. The molecule has 5 rings (SSSR count). The van der Waals surface area contributed by atoms with E-state index in [0.29, 0.717) is 24.8 Å². The third-order valence-corrected chi connectivity index (χ3v) is 7.25. The van der Waals surface area contributed by atoms with Crippen LogP contribution in [0.5, 0.6) is 17.2 Å². The topological polar surface area (TPSA) is 41.9 Å². The number of phenolic OH excluding ortho intramolecular Hbond substituents is 1. The maximum Gasteiger partial charge on any atom is 0.573 e. The van der Waals surface area contributed by atoms with E-state index >= 15 is 4.39 Å². The van der Waals surface area contributed by atoms with Crippen molar-refractivity contribution in [2.24, 2.45) is 0 Å². The summed E-state index contributed by atoms with van der Waals surface area (Å²) in [5, 5.41) is 10.1. The zero-order valence-electron chi connectivity index (χ0n) is 21.7. The van der Waals surface area contributed by atoms with E-state index in [1.54, 1.807) is 12.1 Å². The summed E-state index contributed by atoms with van der Waals surface area (Å²) in [5.41, 5.74) is 4.32. The number of hydrogen-bond acceptors (Lipinski definition) is 4. The van der Waals surface area contributed by atoms with Crippen molar-refractivity contribution in [2.75, 3.05) is 19.6 Å². The van der Waals surface area contributed by atoms with Crippen LogP contribution in [-0.4, -0.2) is 42.1 Å². The van der Waals surface area contributed by atoms with Crippen molar-refractivity contribution in [1.82, 2.24) is 4.90 Å². The van der Waals surface area contributed by atoms with Gasteiger partial charge in [0.25, 0.3) is 0 Å². The largest absolute Gasteiger partial charge is 0.573 e. The first kappa shape index (κ1) is 27.1. The first-order valence-corrected chi connectivity index (χ1v) is 13.3. The van der Waals surface area contributed by atoms with E-state index in [0.717, 1.165) is 72.6 Å². The van der Waals surface area contributed by atoms with Crippen LogP contribution in [0.3, 0.4) is 0 Å². The van der Waals surface area contributed by atoms with Gasteiger partial charge in [-0.2, -0.15) is 0 Å². The molecule has 1 aliphatic heterocycles. The van der Waals surface area contributed by atoms with E-state index in [1.807, 2.05) is 30.3 Å². The van der Waals surface area contributed by atoms with E-state index in [1.165, 1.54) is 6.07 Å². The van der Waals surface area contributed by atoms with Crippen LogP contribution in [0.25, 0.3) is 11.1 Å². The Hall–Kier alpha value is -3.52. The lowest BCUT2D eigenvalue weighted by Crippen LogP contribution is -2.25. The number of alkyl halides is 3. The number of ether oxygens (including phenoxy) is 2. The second-order valence-corrected chi connectivity index (χ2v) is 10.1. The summed E-state index contributed by atoms with van der Waals surface area (Å²) in [7, 11) is 0. The number of halogens is 4. The van der Waals surface area contributed by atoms with Crippen LogP contribution in [-0.2, 0) is 6.42 Å². The number of rotatable bonds is 7. The van der Waals surface area contributed by atoms with E-state index in [4.69, 9.17) is 4.74 Å². The lowest BCUT2D eigenvalue weighted by atomic mass is 9.87. The van der Waals surface area contributed by atoms with Crippen molar-refractivity contribution in [3.63, 3.8) is 0 Å². The summed E-state index contributed by atoms with van der Waals surface area (Å²) < 4.78 is 63.5. The number of nitrogens with zero attached hydrogens (tertiary/aromatic N) is 1. The fraction of sp³-hybridized carbons (Fsp3) is 0.355. The molecule has 3 aromatic carbocycles. The molecule has 2 aliphatic rings. The van der Waals surface area contributed by atoms with Crippen molar-refractivity contribution >= 4 is 11.1 Å². The Morgan fingerprint density at radius 2 is 1.69 bits per heavy atom. The lowest BCUT2D eigenvalue weighted by Gasteiger charge is -2.19. The minimum Gasteiger partial charge on any atom is -0.508 e. The van der Waals surface area contributed by atoms with Gasteiger partial charge in [-0.05, 0) is 103 Å².